The summed E-state index contributed by atoms with van der Waals surface area (Å²) in [7, 11) is -1.92. The molecule has 148 valence electrons. The molecule has 0 atom stereocenters. The zero-order valence-corrected chi connectivity index (χ0v) is 17.1. The standard InChI is InChI=1S/C18H27N5O3S/c1-12(7-6-10-21-16(24)20-5)15-22-13(11-14(19)23-15)18(8-9-18)27(25,26)17(2,3)4/h6-7,10-11H,8-9H2,1-5H3,(H2,19,22,23)(H2,20,21,24)/b10-6+,12-7+. The highest BCUT2D eigenvalue weighted by Gasteiger charge is 2.60. The van der Waals surface area contributed by atoms with Crippen molar-refractivity contribution in [2.24, 2.45) is 0 Å². The number of aromatic nitrogens is 2. The van der Waals surface area contributed by atoms with Crippen LogP contribution in [0.2, 0.25) is 0 Å². The van der Waals surface area contributed by atoms with E-state index < -0.39 is 19.3 Å². The fourth-order valence-corrected chi connectivity index (χ4v) is 4.89. The van der Waals surface area contributed by atoms with Gasteiger partial charge in [0.25, 0.3) is 0 Å². The van der Waals surface area contributed by atoms with Crippen molar-refractivity contribution in [1.82, 2.24) is 20.6 Å². The lowest BCUT2D eigenvalue weighted by Gasteiger charge is -2.26. The third-order valence-electron chi connectivity index (χ3n) is 4.47. The number of nitrogen functional groups attached to an aromatic ring is 1. The molecule has 0 aliphatic heterocycles. The molecular weight excluding hydrogens is 366 g/mol. The van der Waals surface area contributed by atoms with E-state index in [1.54, 1.807) is 45.9 Å². The summed E-state index contributed by atoms with van der Waals surface area (Å²) in [5, 5.41) is 4.94. The van der Waals surface area contributed by atoms with Crippen LogP contribution in [-0.2, 0) is 14.6 Å². The number of carbonyl (C=O) groups excluding carboxylic acids is 1. The SMILES string of the molecule is CNC(=O)N/C=C/C=C(\C)c1nc(N)cc(C2(S(=O)(=O)C(C)(C)C)CC2)n1. The van der Waals surface area contributed by atoms with Crippen LogP contribution in [0, 0.1) is 0 Å². The molecule has 27 heavy (non-hydrogen) atoms. The van der Waals surface area contributed by atoms with Crippen LogP contribution >= 0.6 is 0 Å². The van der Waals surface area contributed by atoms with E-state index in [2.05, 4.69) is 20.6 Å². The van der Waals surface area contributed by atoms with Gasteiger partial charge in [0.05, 0.1) is 10.4 Å². The first-order chi connectivity index (χ1) is 12.4. The van der Waals surface area contributed by atoms with Crippen LogP contribution in [0.1, 0.15) is 52.1 Å². The van der Waals surface area contributed by atoms with Crippen molar-refractivity contribution in [2.75, 3.05) is 12.8 Å². The molecule has 0 spiro atoms. The van der Waals surface area contributed by atoms with Crippen molar-refractivity contribution >= 4 is 27.3 Å². The maximum Gasteiger partial charge on any atom is 0.318 e. The quantitative estimate of drug-likeness (QED) is 0.658. The Labute approximate surface area is 160 Å². The lowest BCUT2D eigenvalue weighted by molar-refractivity contribution is 0.246. The molecule has 2 rings (SSSR count). The second-order valence-electron chi connectivity index (χ2n) is 7.54. The molecule has 0 bridgehead atoms. The third kappa shape index (κ3) is 4.13. The van der Waals surface area contributed by atoms with E-state index >= 15 is 0 Å². The van der Waals surface area contributed by atoms with E-state index in [1.165, 1.54) is 13.2 Å². The van der Waals surface area contributed by atoms with E-state index in [-0.39, 0.29) is 11.8 Å². The maximum atomic E-state index is 13.1. The van der Waals surface area contributed by atoms with Gasteiger partial charge in [-0.2, -0.15) is 0 Å². The second-order valence-corrected chi connectivity index (χ2v) is 10.6. The van der Waals surface area contributed by atoms with Crippen molar-refractivity contribution < 1.29 is 13.2 Å². The van der Waals surface area contributed by atoms with Crippen molar-refractivity contribution in [3.8, 4) is 0 Å². The fraction of sp³-hybridized carbons (Fsp3) is 0.500. The average molecular weight is 394 g/mol. The van der Waals surface area contributed by atoms with E-state index in [0.717, 1.165) is 0 Å². The first-order valence-corrected chi connectivity index (χ1v) is 10.1. The molecule has 1 aromatic heterocycles. The van der Waals surface area contributed by atoms with Gasteiger partial charge in [-0.3, -0.25) is 0 Å². The van der Waals surface area contributed by atoms with Crippen molar-refractivity contribution in [3.63, 3.8) is 0 Å². The minimum absolute atomic E-state index is 0.227. The number of nitrogens with one attached hydrogen (secondary N) is 2. The van der Waals surface area contributed by atoms with Crippen molar-refractivity contribution in [3.05, 3.63) is 35.9 Å². The van der Waals surface area contributed by atoms with Crippen LogP contribution < -0.4 is 16.4 Å². The Bertz CT molecular complexity index is 894. The van der Waals surface area contributed by atoms with E-state index in [1.807, 2.05) is 0 Å². The monoisotopic (exact) mass is 393 g/mol. The van der Waals surface area contributed by atoms with Crippen LogP contribution in [0.4, 0.5) is 10.6 Å². The number of rotatable bonds is 5. The Balaban J connectivity index is 2.36. The number of allylic oxidation sites excluding steroid dienone is 3. The van der Waals surface area contributed by atoms with Gasteiger partial charge in [-0.15, -0.1) is 0 Å². The summed E-state index contributed by atoms with van der Waals surface area (Å²) in [5.41, 5.74) is 7.07. The summed E-state index contributed by atoms with van der Waals surface area (Å²) in [4.78, 5) is 19.8. The molecule has 0 radical (unpaired) electrons. The summed E-state index contributed by atoms with van der Waals surface area (Å²) in [6.07, 6.45) is 5.88. The molecule has 0 saturated heterocycles. The summed E-state index contributed by atoms with van der Waals surface area (Å²) in [5.74, 6) is 0.593. The largest absolute Gasteiger partial charge is 0.384 e. The lowest BCUT2D eigenvalue weighted by atomic mass is 10.2. The summed E-state index contributed by atoms with van der Waals surface area (Å²) in [6, 6.07) is 1.22. The molecule has 0 unspecified atom stereocenters. The molecule has 0 aromatic carbocycles. The van der Waals surface area contributed by atoms with Gasteiger partial charge < -0.3 is 16.4 Å². The van der Waals surface area contributed by atoms with Crippen molar-refractivity contribution in [2.45, 2.75) is 50.0 Å². The Morgan fingerprint density at radius 3 is 2.44 bits per heavy atom. The molecule has 8 nitrogen and oxygen atoms in total. The molecule has 1 heterocycles. The highest BCUT2D eigenvalue weighted by Crippen LogP contribution is 2.55. The highest BCUT2D eigenvalue weighted by atomic mass is 32.2. The number of nitrogens with zero attached hydrogens (tertiary/aromatic N) is 2. The molecule has 1 aromatic rings. The number of hydrogen-bond donors (Lipinski definition) is 3. The Kier molecular flexibility index (Phi) is 5.65. The number of anilines is 1. The first-order valence-electron chi connectivity index (χ1n) is 8.66. The fourth-order valence-electron chi connectivity index (χ4n) is 2.70. The van der Waals surface area contributed by atoms with Crippen LogP contribution in [0.15, 0.2) is 24.4 Å². The molecule has 1 fully saturated rings. The number of urea groups is 1. The van der Waals surface area contributed by atoms with Gasteiger partial charge in [-0.1, -0.05) is 6.08 Å². The normalized spacial score (nSPS) is 17.0. The van der Waals surface area contributed by atoms with Crippen LogP contribution in [-0.4, -0.2) is 36.2 Å². The molecule has 1 aliphatic rings. The topological polar surface area (TPSA) is 127 Å². The van der Waals surface area contributed by atoms with Crippen LogP contribution in [0.5, 0.6) is 0 Å². The zero-order chi connectivity index (χ0) is 20.5. The Morgan fingerprint density at radius 1 is 1.30 bits per heavy atom. The summed E-state index contributed by atoms with van der Waals surface area (Å²) in [6.45, 7) is 6.89. The number of carbonyl (C=O) groups is 1. The van der Waals surface area contributed by atoms with Crippen molar-refractivity contribution in [1.29, 1.82) is 0 Å². The molecule has 9 heteroatoms. The van der Waals surface area contributed by atoms with E-state index in [9.17, 15) is 13.2 Å². The number of nitrogens with two attached hydrogens (primary N) is 1. The van der Waals surface area contributed by atoms with Gasteiger partial charge in [0.2, 0.25) is 0 Å². The molecular formula is C18H27N5O3S. The molecule has 2 amide bonds. The maximum absolute atomic E-state index is 13.1. The van der Waals surface area contributed by atoms with Gasteiger partial charge in [0.1, 0.15) is 10.6 Å². The molecule has 1 aliphatic carbocycles. The second kappa shape index (κ2) is 7.30. The van der Waals surface area contributed by atoms with Gasteiger partial charge in [0, 0.05) is 19.3 Å². The minimum Gasteiger partial charge on any atom is -0.384 e. The van der Waals surface area contributed by atoms with Crippen LogP contribution in [0.25, 0.3) is 5.57 Å². The highest BCUT2D eigenvalue weighted by molar-refractivity contribution is 7.94. The van der Waals surface area contributed by atoms with Gasteiger partial charge in [0.15, 0.2) is 15.7 Å². The number of amides is 2. The smallest absolute Gasteiger partial charge is 0.318 e. The predicted molar refractivity (Wildman–Crippen MR) is 106 cm³/mol. The Morgan fingerprint density at radius 2 is 1.93 bits per heavy atom. The molecule has 4 N–H and O–H groups in total. The number of sulfone groups is 1. The van der Waals surface area contributed by atoms with Gasteiger partial charge in [-0.25, -0.2) is 23.2 Å². The third-order valence-corrected chi connectivity index (χ3v) is 7.73. The van der Waals surface area contributed by atoms with E-state index in [4.69, 9.17) is 5.73 Å². The predicted octanol–water partition coefficient (Wildman–Crippen LogP) is 2.11. The van der Waals surface area contributed by atoms with Gasteiger partial charge >= 0.3 is 6.03 Å². The lowest BCUT2D eigenvalue weighted by Crippen LogP contribution is -2.38. The number of hydrogen-bond acceptors (Lipinski definition) is 6. The zero-order valence-electron chi connectivity index (χ0n) is 16.3. The van der Waals surface area contributed by atoms with Gasteiger partial charge in [-0.05, 0) is 52.2 Å². The average Bonchev–Trinajstić information content (AvgIpc) is 3.39. The van der Waals surface area contributed by atoms with Crippen LogP contribution in [0.3, 0.4) is 0 Å². The minimum atomic E-state index is -3.44. The molecule has 1 saturated carbocycles. The first kappa shape index (κ1) is 20.9. The Hall–Kier alpha value is -2.42. The van der Waals surface area contributed by atoms with E-state index in [0.29, 0.717) is 29.9 Å². The summed E-state index contributed by atoms with van der Waals surface area (Å²) >= 11 is 0. The summed E-state index contributed by atoms with van der Waals surface area (Å²) < 4.78 is 24.2.